The lowest BCUT2D eigenvalue weighted by Gasteiger charge is -2.35. The van der Waals surface area contributed by atoms with Crippen molar-refractivity contribution in [2.24, 2.45) is 0 Å². The number of anilines is 1. The van der Waals surface area contributed by atoms with Crippen LogP contribution in [0.15, 0.2) is 108 Å². The lowest BCUT2D eigenvalue weighted by atomic mass is 10.0. The van der Waals surface area contributed by atoms with Crippen molar-refractivity contribution in [2.75, 3.05) is 70.9 Å². The SMILES string of the molecule is CCc1cccc(-c2cnc(C(=O)NCCOCCNCC(=O)N3CCN(C(=O)c4cc(Cc5n[nH]c(=O)c6ccccc56)ccc4F)CC3)c(NC(=O)CNCc3cccc(C)c3)c2)c1. The van der Waals surface area contributed by atoms with Gasteiger partial charge in [0.05, 0.1) is 48.6 Å². The maximum absolute atomic E-state index is 15.0. The summed E-state index contributed by atoms with van der Waals surface area (Å²) in [6.45, 7) is 6.87. The number of hydrogen-bond acceptors (Lipinski definition) is 10. The molecule has 2 aromatic heterocycles. The summed E-state index contributed by atoms with van der Waals surface area (Å²) in [5.41, 5.74) is 6.31. The summed E-state index contributed by atoms with van der Waals surface area (Å²) in [6, 6.07) is 29.3. The molecule has 1 aliphatic rings. The molecule has 66 heavy (non-hydrogen) atoms. The quantitative estimate of drug-likeness (QED) is 0.0717. The molecule has 7 rings (SSSR count). The van der Waals surface area contributed by atoms with E-state index in [1.807, 2.05) is 49.4 Å². The summed E-state index contributed by atoms with van der Waals surface area (Å²) in [7, 11) is 0. The van der Waals surface area contributed by atoms with E-state index < -0.39 is 17.6 Å². The number of carbonyl (C=O) groups is 4. The number of piperazine rings is 1. The van der Waals surface area contributed by atoms with Gasteiger partial charge in [-0.3, -0.25) is 24.0 Å². The molecular weight excluding hydrogens is 842 g/mol. The van der Waals surface area contributed by atoms with Crippen LogP contribution < -0.4 is 26.8 Å². The fourth-order valence-electron chi connectivity index (χ4n) is 7.76. The molecule has 0 radical (unpaired) electrons. The number of rotatable bonds is 19. The van der Waals surface area contributed by atoms with E-state index in [0.717, 1.165) is 34.2 Å². The van der Waals surface area contributed by atoms with E-state index in [4.69, 9.17) is 4.74 Å². The Morgan fingerprint density at radius 3 is 2.33 bits per heavy atom. The van der Waals surface area contributed by atoms with Gasteiger partial charge in [0.15, 0.2) is 5.69 Å². The highest BCUT2D eigenvalue weighted by atomic mass is 19.1. The number of ether oxygens (including phenoxy) is 1. The molecule has 4 amide bonds. The minimum atomic E-state index is -0.639. The number of nitrogens with zero attached hydrogens (tertiary/aromatic N) is 4. The first-order chi connectivity index (χ1) is 32.1. The van der Waals surface area contributed by atoms with E-state index in [1.165, 1.54) is 12.1 Å². The Morgan fingerprint density at radius 2 is 1.53 bits per heavy atom. The highest BCUT2D eigenvalue weighted by molar-refractivity contribution is 6.03. The minimum Gasteiger partial charge on any atom is -0.378 e. The fraction of sp³-hybridized carbons (Fsp3) is 0.300. The molecule has 16 heteroatoms. The van der Waals surface area contributed by atoms with Crippen molar-refractivity contribution < 1.29 is 28.3 Å². The van der Waals surface area contributed by atoms with E-state index in [9.17, 15) is 28.4 Å². The molecule has 1 saturated heterocycles. The van der Waals surface area contributed by atoms with Gasteiger partial charge in [-0.15, -0.1) is 0 Å². The molecule has 0 spiro atoms. The second kappa shape index (κ2) is 22.7. The minimum absolute atomic E-state index is 0.0353. The second-order valence-electron chi connectivity index (χ2n) is 16.1. The number of amides is 4. The Bertz CT molecular complexity index is 2750. The third-order valence-electron chi connectivity index (χ3n) is 11.3. The molecule has 1 aliphatic heterocycles. The van der Waals surface area contributed by atoms with E-state index >= 15 is 0 Å². The maximum atomic E-state index is 15.0. The van der Waals surface area contributed by atoms with Gasteiger partial charge in [0.25, 0.3) is 17.4 Å². The third kappa shape index (κ3) is 12.3. The topological polar surface area (TPSA) is 191 Å². The highest BCUT2D eigenvalue weighted by Gasteiger charge is 2.27. The highest BCUT2D eigenvalue weighted by Crippen LogP contribution is 2.26. The molecule has 4 aromatic carbocycles. The van der Waals surface area contributed by atoms with E-state index in [2.05, 4.69) is 55.5 Å². The number of nitrogens with one attached hydrogen (secondary N) is 5. The smallest absolute Gasteiger partial charge is 0.272 e. The molecular formula is C50H54FN9O6. The maximum Gasteiger partial charge on any atom is 0.272 e. The first-order valence-electron chi connectivity index (χ1n) is 22.1. The van der Waals surface area contributed by atoms with Crippen LogP contribution in [0.1, 0.15) is 55.7 Å². The van der Waals surface area contributed by atoms with Gasteiger partial charge in [-0.1, -0.05) is 85.3 Å². The fourth-order valence-corrected chi connectivity index (χ4v) is 7.76. The van der Waals surface area contributed by atoms with Gasteiger partial charge in [-0.05, 0) is 59.9 Å². The Kier molecular flexibility index (Phi) is 16.1. The summed E-state index contributed by atoms with van der Waals surface area (Å²) >= 11 is 0. The summed E-state index contributed by atoms with van der Waals surface area (Å²) in [6.07, 6.45) is 2.77. The van der Waals surface area contributed by atoms with Crippen molar-refractivity contribution in [1.29, 1.82) is 0 Å². The van der Waals surface area contributed by atoms with Crippen LogP contribution in [0.3, 0.4) is 0 Å². The van der Waals surface area contributed by atoms with Gasteiger partial charge in [-0.25, -0.2) is 14.5 Å². The Morgan fingerprint density at radius 1 is 0.773 bits per heavy atom. The monoisotopic (exact) mass is 895 g/mol. The first kappa shape index (κ1) is 46.8. The molecule has 3 heterocycles. The van der Waals surface area contributed by atoms with Crippen molar-refractivity contribution in [2.45, 2.75) is 33.2 Å². The van der Waals surface area contributed by atoms with Crippen LogP contribution in [0.2, 0.25) is 0 Å². The Hall–Kier alpha value is -7.14. The van der Waals surface area contributed by atoms with Crippen LogP contribution in [0, 0.1) is 12.7 Å². The van der Waals surface area contributed by atoms with Gasteiger partial charge in [0.1, 0.15) is 5.82 Å². The number of H-pyrrole nitrogens is 1. The predicted molar refractivity (Wildman–Crippen MR) is 251 cm³/mol. The molecule has 1 fully saturated rings. The number of carbonyl (C=O) groups excluding carboxylic acids is 4. The zero-order valence-corrected chi connectivity index (χ0v) is 37.1. The average Bonchev–Trinajstić information content (AvgIpc) is 3.33. The summed E-state index contributed by atoms with van der Waals surface area (Å²) in [5.74, 6) is -2.01. The Balaban J connectivity index is 0.824. The number of pyridine rings is 1. The van der Waals surface area contributed by atoms with Crippen LogP contribution in [0.4, 0.5) is 10.1 Å². The number of aryl methyl sites for hydroxylation is 2. The van der Waals surface area contributed by atoms with Crippen molar-refractivity contribution >= 4 is 40.1 Å². The number of aromatic amines is 1. The van der Waals surface area contributed by atoms with Gasteiger partial charge >= 0.3 is 0 Å². The van der Waals surface area contributed by atoms with Crippen LogP contribution in [-0.2, 0) is 33.7 Å². The van der Waals surface area contributed by atoms with Crippen molar-refractivity contribution in [3.05, 3.63) is 159 Å². The molecule has 342 valence electrons. The van der Waals surface area contributed by atoms with Crippen LogP contribution in [0.5, 0.6) is 0 Å². The van der Waals surface area contributed by atoms with E-state index in [-0.39, 0.29) is 81.0 Å². The zero-order chi connectivity index (χ0) is 46.4. The average molecular weight is 896 g/mol. The van der Waals surface area contributed by atoms with Crippen molar-refractivity contribution in [1.82, 2.24) is 40.9 Å². The second-order valence-corrected chi connectivity index (χ2v) is 16.1. The van der Waals surface area contributed by atoms with Gasteiger partial charge in [0, 0.05) is 69.4 Å². The number of hydrogen-bond donors (Lipinski definition) is 5. The number of halogens is 1. The summed E-state index contributed by atoms with van der Waals surface area (Å²) in [4.78, 5) is 72.7. The van der Waals surface area contributed by atoms with Crippen LogP contribution in [0.25, 0.3) is 21.9 Å². The molecule has 5 N–H and O–H groups in total. The van der Waals surface area contributed by atoms with Crippen LogP contribution in [-0.4, -0.2) is 114 Å². The lowest BCUT2D eigenvalue weighted by Crippen LogP contribution is -2.52. The molecule has 0 unspecified atom stereocenters. The number of aromatic nitrogens is 3. The van der Waals surface area contributed by atoms with Gasteiger partial charge in [-0.2, -0.15) is 5.10 Å². The lowest BCUT2D eigenvalue weighted by molar-refractivity contribution is -0.131. The van der Waals surface area contributed by atoms with Crippen molar-refractivity contribution in [3.8, 4) is 11.1 Å². The molecule has 0 saturated carbocycles. The first-order valence-corrected chi connectivity index (χ1v) is 22.1. The molecule has 0 atom stereocenters. The van der Waals surface area contributed by atoms with Gasteiger partial charge in [0.2, 0.25) is 11.8 Å². The molecule has 15 nitrogen and oxygen atoms in total. The molecule has 6 aromatic rings. The Labute approximate surface area is 382 Å². The van der Waals surface area contributed by atoms with E-state index in [0.29, 0.717) is 53.9 Å². The zero-order valence-electron chi connectivity index (χ0n) is 37.1. The third-order valence-corrected chi connectivity index (χ3v) is 11.3. The van der Waals surface area contributed by atoms with Crippen LogP contribution >= 0.6 is 0 Å². The molecule has 0 bridgehead atoms. The summed E-state index contributed by atoms with van der Waals surface area (Å²) < 4.78 is 20.7. The number of fused-ring (bicyclic) bond motifs is 1. The van der Waals surface area contributed by atoms with Crippen molar-refractivity contribution in [3.63, 3.8) is 0 Å². The molecule has 0 aliphatic carbocycles. The van der Waals surface area contributed by atoms with Gasteiger partial charge < -0.3 is 35.8 Å². The normalized spacial score (nSPS) is 12.6. The standard InChI is InChI=1S/C50H54FN9O6/c1-3-34-9-7-11-37(25-34)38-28-44(56-45(61)31-53-29-36-10-6-8-33(2)24-36)47(55-30-38)49(64)54-17-23-66-22-16-52-32-46(62)59-18-20-60(21-19-59)50(65)41-26-35(14-15-42(41)51)27-43-39-12-4-5-13-40(39)48(63)58-57-43/h4-15,24-26,28,30,52-53H,3,16-23,27,29,31-32H2,1-2H3,(H,54,64)(H,56,61)(H,58,63). The van der Waals surface area contributed by atoms with E-state index in [1.54, 1.807) is 46.3 Å². The summed E-state index contributed by atoms with van der Waals surface area (Å²) in [5, 5.41) is 19.8. The predicted octanol–water partition coefficient (Wildman–Crippen LogP) is 4.63. The largest absolute Gasteiger partial charge is 0.378 e. The number of benzene rings is 4.